The fraction of sp³-hybridized carbons (Fsp3) is 0.214. The highest BCUT2D eigenvalue weighted by Crippen LogP contribution is 2.28. The summed E-state index contributed by atoms with van der Waals surface area (Å²) < 4.78 is 0. The predicted octanol–water partition coefficient (Wildman–Crippen LogP) is 2.86. The minimum atomic E-state index is 0.763. The van der Waals surface area contributed by atoms with Gasteiger partial charge >= 0.3 is 0 Å². The van der Waals surface area contributed by atoms with Gasteiger partial charge in [0, 0.05) is 18.1 Å². The van der Waals surface area contributed by atoms with Crippen LogP contribution in [0.5, 0.6) is 0 Å². The summed E-state index contributed by atoms with van der Waals surface area (Å²) in [4.78, 5) is 4.46. The van der Waals surface area contributed by atoms with Crippen molar-refractivity contribution < 1.29 is 0 Å². The van der Waals surface area contributed by atoms with Gasteiger partial charge in [-0.3, -0.25) is 4.98 Å². The summed E-state index contributed by atoms with van der Waals surface area (Å²) in [5, 5.41) is 15.9. The van der Waals surface area contributed by atoms with Crippen molar-refractivity contribution in [3.05, 3.63) is 41.5 Å². The van der Waals surface area contributed by atoms with Crippen molar-refractivity contribution in [3.63, 3.8) is 0 Å². The van der Waals surface area contributed by atoms with Crippen LogP contribution < -0.4 is 5.32 Å². The van der Waals surface area contributed by atoms with E-state index >= 15 is 0 Å². The lowest BCUT2D eigenvalue weighted by molar-refractivity contribution is 0.715. The Kier molecular flexibility index (Phi) is 3.48. The zero-order valence-corrected chi connectivity index (χ0v) is 11.4. The fourth-order valence-corrected chi connectivity index (χ4v) is 2.76. The third kappa shape index (κ3) is 2.47. The van der Waals surface area contributed by atoms with Gasteiger partial charge < -0.3 is 5.32 Å². The van der Waals surface area contributed by atoms with E-state index < -0.39 is 0 Å². The third-order valence-electron chi connectivity index (χ3n) is 2.87. The summed E-state index contributed by atoms with van der Waals surface area (Å²) in [6.07, 6.45) is 1.82. The number of fused-ring (bicyclic) bond motifs is 1. The largest absolute Gasteiger partial charge is 0.311 e. The maximum atomic E-state index is 4.46. The summed E-state index contributed by atoms with van der Waals surface area (Å²) in [5.41, 5.74) is 0.915. The van der Waals surface area contributed by atoms with Gasteiger partial charge in [-0.15, -0.1) is 10.2 Å². The van der Waals surface area contributed by atoms with Crippen LogP contribution in [0.3, 0.4) is 0 Å². The Hall–Kier alpha value is -1.85. The van der Waals surface area contributed by atoms with Crippen LogP contribution in [0.2, 0.25) is 0 Å². The number of rotatable bonds is 4. The van der Waals surface area contributed by atoms with Crippen molar-refractivity contribution in [2.75, 3.05) is 6.54 Å². The molecule has 0 aliphatic carbocycles. The van der Waals surface area contributed by atoms with Crippen molar-refractivity contribution in [1.82, 2.24) is 20.5 Å². The Labute approximate surface area is 115 Å². The summed E-state index contributed by atoms with van der Waals surface area (Å²) >= 11 is 1.59. The van der Waals surface area contributed by atoms with E-state index in [0.29, 0.717) is 0 Å². The number of hydrogen-bond acceptors (Lipinski definition) is 5. The molecule has 0 unspecified atom stereocenters. The molecular weight excluding hydrogens is 256 g/mol. The van der Waals surface area contributed by atoms with Gasteiger partial charge in [-0.1, -0.05) is 42.5 Å². The van der Waals surface area contributed by atoms with E-state index in [9.17, 15) is 0 Å². The van der Waals surface area contributed by atoms with Crippen molar-refractivity contribution in [3.8, 4) is 10.7 Å². The summed E-state index contributed by atoms with van der Waals surface area (Å²) in [7, 11) is 0. The first-order chi connectivity index (χ1) is 9.38. The second-order valence-electron chi connectivity index (χ2n) is 4.16. The first kappa shape index (κ1) is 12.2. The van der Waals surface area contributed by atoms with Gasteiger partial charge in [0.05, 0.1) is 0 Å². The first-order valence-corrected chi connectivity index (χ1v) is 7.07. The van der Waals surface area contributed by atoms with Gasteiger partial charge in [0.15, 0.2) is 5.01 Å². The van der Waals surface area contributed by atoms with Crippen LogP contribution >= 0.6 is 11.3 Å². The van der Waals surface area contributed by atoms with Crippen LogP contribution in [0.25, 0.3) is 21.5 Å². The highest BCUT2D eigenvalue weighted by Gasteiger charge is 2.10. The average Bonchev–Trinajstić information content (AvgIpc) is 2.93. The molecule has 4 nitrogen and oxygen atoms in total. The number of benzene rings is 1. The maximum Gasteiger partial charge on any atom is 0.166 e. The van der Waals surface area contributed by atoms with Crippen LogP contribution in [-0.4, -0.2) is 21.7 Å². The van der Waals surface area contributed by atoms with E-state index in [0.717, 1.165) is 34.2 Å². The molecule has 1 aromatic carbocycles. The number of hydrogen-bond donors (Lipinski definition) is 1. The van der Waals surface area contributed by atoms with Crippen LogP contribution in [0.15, 0.2) is 36.5 Å². The number of nitrogens with one attached hydrogen (secondary N) is 1. The molecule has 0 aliphatic heterocycles. The van der Waals surface area contributed by atoms with E-state index in [1.807, 2.05) is 24.4 Å². The van der Waals surface area contributed by atoms with Crippen LogP contribution in [0, 0.1) is 0 Å². The van der Waals surface area contributed by atoms with Crippen LogP contribution in [0.1, 0.15) is 11.9 Å². The predicted molar refractivity (Wildman–Crippen MR) is 78.0 cm³/mol. The van der Waals surface area contributed by atoms with Crippen molar-refractivity contribution in [1.29, 1.82) is 0 Å². The summed E-state index contributed by atoms with van der Waals surface area (Å²) in [5.74, 6) is 0. The molecule has 19 heavy (non-hydrogen) atoms. The molecule has 3 rings (SSSR count). The fourth-order valence-electron chi connectivity index (χ4n) is 1.94. The molecule has 1 N–H and O–H groups in total. The summed E-state index contributed by atoms with van der Waals surface area (Å²) in [6, 6.07) is 10.2. The Morgan fingerprint density at radius 2 is 2.05 bits per heavy atom. The van der Waals surface area contributed by atoms with E-state index in [4.69, 9.17) is 0 Å². The average molecular weight is 270 g/mol. The number of pyridine rings is 1. The zero-order chi connectivity index (χ0) is 13.1. The molecule has 5 heteroatoms. The zero-order valence-electron chi connectivity index (χ0n) is 10.6. The van der Waals surface area contributed by atoms with Gasteiger partial charge in [-0.05, 0) is 18.0 Å². The van der Waals surface area contributed by atoms with Gasteiger partial charge in [0.25, 0.3) is 0 Å². The Balaban J connectivity index is 2.02. The molecule has 0 spiro atoms. The normalized spacial score (nSPS) is 11.0. The lowest BCUT2D eigenvalue weighted by Gasteiger charge is -2.01. The molecule has 0 fully saturated rings. The molecule has 0 amide bonds. The van der Waals surface area contributed by atoms with E-state index in [-0.39, 0.29) is 0 Å². The lowest BCUT2D eigenvalue weighted by atomic mass is 10.1. The van der Waals surface area contributed by atoms with Crippen LogP contribution in [0.4, 0.5) is 0 Å². The highest BCUT2D eigenvalue weighted by molar-refractivity contribution is 7.14. The number of aromatic nitrogens is 3. The second-order valence-corrected chi connectivity index (χ2v) is 5.22. The van der Waals surface area contributed by atoms with Gasteiger partial charge in [0.1, 0.15) is 10.7 Å². The molecule has 0 aliphatic rings. The molecular formula is C14H14N4S. The van der Waals surface area contributed by atoms with Crippen molar-refractivity contribution in [2.24, 2.45) is 0 Å². The molecule has 0 atom stereocenters. The Morgan fingerprint density at radius 1 is 1.16 bits per heavy atom. The molecule has 0 saturated carbocycles. The Morgan fingerprint density at radius 3 is 2.95 bits per heavy atom. The van der Waals surface area contributed by atoms with Crippen molar-refractivity contribution >= 4 is 22.1 Å². The van der Waals surface area contributed by atoms with Crippen molar-refractivity contribution in [2.45, 2.75) is 13.5 Å². The first-order valence-electron chi connectivity index (χ1n) is 6.25. The lowest BCUT2D eigenvalue weighted by Crippen LogP contribution is -2.11. The van der Waals surface area contributed by atoms with Gasteiger partial charge in [-0.25, -0.2) is 0 Å². The topological polar surface area (TPSA) is 50.7 Å². The molecule has 0 bridgehead atoms. The molecule has 96 valence electrons. The van der Waals surface area contributed by atoms with E-state index in [2.05, 4.69) is 39.6 Å². The molecule has 2 aromatic heterocycles. The van der Waals surface area contributed by atoms with Gasteiger partial charge in [-0.2, -0.15) is 0 Å². The summed E-state index contributed by atoms with van der Waals surface area (Å²) in [6.45, 7) is 3.77. The quantitative estimate of drug-likeness (QED) is 0.792. The smallest absolute Gasteiger partial charge is 0.166 e. The minimum Gasteiger partial charge on any atom is -0.311 e. The van der Waals surface area contributed by atoms with E-state index in [1.165, 1.54) is 5.39 Å². The number of nitrogens with zero attached hydrogens (tertiary/aromatic N) is 3. The maximum absolute atomic E-state index is 4.46. The molecule has 0 radical (unpaired) electrons. The van der Waals surface area contributed by atoms with Crippen LogP contribution in [-0.2, 0) is 6.54 Å². The monoisotopic (exact) mass is 270 g/mol. The van der Waals surface area contributed by atoms with E-state index in [1.54, 1.807) is 11.3 Å². The third-order valence-corrected chi connectivity index (χ3v) is 3.80. The Bertz CT molecular complexity index is 687. The second kappa shape index (κ2) is 5.42. The molecule has 0 saturated heterocycles. The minimum absolute atomic E-state index is 0.763. The molecule has 2 heterocycles. The van der Waals surface area contributed by atoms with Gasteiger partial charge in [0.2, 0.25) is 0 Å². The highest BCUT2D eigenvalue weighted by atomic mass is 32.1. The molecule has 3 aromatic rings. The standard InChI is InChI=1S/C14H14N4S/c1-2-15-9-12-17-18-14(19-12)13-11-6-4-3-5-10(11)7-8-16-13/h3-8,15H,2,9H2,1H3. The SMILES string of the molecule is CCNCc1nnc(-c2nccc3ccccc23)s1.